The summed E-state index contributed by atoms with van der Waals surface area (Å²) < 4.78 is 11.1. The lowest BCUT2D eigenvalue weighted by atomic mass is 10.2. The van der Waals surface area contributed by atoms with Crippen molar-refractivity contribution in [2.75, 3.05) is 12.8 Å². The van der Waals surface area contributed by atoms with E-state index in [-0.39, 0.29) is 5.92 Å². The minimum atomic E-state index is 0.241. The average Bonchev–Trinajstić information content (AvgIpc) is 2.40. The Morgan fingerprint density at radius 1 is 1.10 bits per heavy atom. The molecule has 0 unspecified atom stereocenters. The van der Waals surface area contributed by atoms with Gasteiger partial charge in [0.1, 0.15) is 5.82 Å². The molecule has 0 spiro atoms. The van der Waals surface area contributed by atoms with Crippen molar-refractivity contribution in [2.24, 2.45) is 0 Å². The molecule has 1 heterocycles. The molecule has 2 rings (SSSR count). The highest BCUT2D eigenvalue weighted by Crippen LogP contribution is 2.32. The van der Waals surface area contributed by atoms with Crippen molar-refractivity contribution in [3.63, 3.8) is 0 Å². The van der Waals surface area contributed by atoms with Crippen LogP contribution >= 0.6 is 0 Å². The van der Waals surface area contributed by atoms with Gasteiger partial charge in [-0.3, -0.25) is 0 Å². The quantitative estimate of drug-likeness (QED) is 0.865. The molecule has 0 amide bonds. The molecule has 0 aliphatic rings. The molecule has 20 heavy (non-hydrogen) atoms. The van der Waals surface area contributed by atoms with E-state index >= 15 is 0 Å². The SMILES string of the molecule is COc1cc(N)ccc1Oc1cc(C)nc(C(C)C)n1. The first kappa shape index (κ1) is 14.1. The molecule has 0 aliphatic carbocycles. The van der Waals surface area contributed by atoms with Crippen LogP contribution in [0.15, 0.2) is 24.3 Å². The number of hydrogen-bond acceptors (Lipinski definition) is 5. The molecule has 0 atom stereocenters. The molecule has 2 aromatic rings. The van der Waals surface area contributed by atoms with Crippen molar-refractivity contribution in [1.29, 1.82) is 0 Å². The van der Waals surface area contributed by atoms with Crippen molar-refractivity contribution >= 4 is 5.69 Å². The first-order chi connectivity index (χ1) is 9.49. The van der Waals surface area contributed by atoms with E-state index in [9.17, 15) is 0 Å². The third kappa shape index (κ3) is 3.17. The summed E-state index contributed by atoms with van der Waals surface area (Å²) in [4.78, 5) is 8.80. The summed E-state index contributed by atoms with van der Waals surface area (Å²) >= 11 is 0. The van der Waals surface area contributed by atoms with Gasteiger partial charge in [0, 0.05) is 29.4 Å². The van der Waals surface area contributed by atoms with Gasteiger partial charge in [0.15, 0.2) is 11.5 Å². The highest BCUT2D eigenvalue weighted by molar-refractivity contribution is 5.52. The van der Waals surface area contributed by atoms with E-state index in [1.165, 1.54) is 0 Å². The topological polar surface area (TPSA) is 70.3 Å². The average molecular weight is 273 g/mol. The minimum absolute atomic E-state index is 0.241. The molecular weight excluding hydrogens is 254 g/mol. The van der Waals surface area contributed by atoms with E-state index in [2.05, 4.69) is 9.97 Å². The van der Waals surface area contributed by atoms with Gasteiger partial charge in [-0.25, -0.2) is 4.98 Å². The number of methoxy groups -OCH3 is 1. The smallest absolute Gasteiger partial charge is 0.222 e. The summed E-state index contributed by atoms with van der Waals surface area (Å²) in [6, 6.07) is 7.03. The molecule has 0 radical (unpaired) electrons. The number of aryl methyl sites for hydroxylation is 1. The molecule has 2 N–H and O–H groups in total. The van der Waals surface area contributed by atoms with Crippen molar-refractivity contribution < 1.29 is 9.47 Å². The lowest BCUT2D eigenvalue weighted by molar-refractivity contribution is 0.373. The Morgan fingerprint density at radius 3 is 2.50 bits per heavy atom. The molecule has 5 nitrogen and oxygen atoms in total. The molecule has 0 aliphatic heterocycles. The second-order valence-electron chi connectivity index (χ2n) is 4.87. The van der Waals surface area contributed by atoms with Crippen molar-refractivity contribution in [1.82, 2.24) is 9.97 Å². The monoisotopic (exact) mass is 273 g/mol. The predicted octanol–water partition coefficient (Wildman–Crippen LogP) is 3.29. The molecule has 106 valence electrons. The summed E-state index contributed by atoms with van der Waals surface area (Å²) in [7, 11) is 1.58. The fourth-order valence-corrected chi connectivity index (χ4v) is 1.75. The summed E-state index contributed by atoms with van der Waals surface area (Å²) in [5.74, 6) is 2.66. The van der Waals surface area contributed by atoms with E-state index in [1.54, 1.807) is 31.4 Å². The van der Waals surface area contributed by atoms with Gasteiger partial charge in [-0.2, -0.15) is 4.98 Å². The van der Waals surface area contributed by atoms with Gasteiger partial charge in [0.25, 0.3) is 0 Å². The van der Waals surface area contributed by atoms with Crippen LogP contribution in [0.2, 0.25) is 0 Å². The summed E-state index contributed by atoms with van der Waals surface area (Å²) in [6.07, 6.45) is 0. The Morgan fingerprint density at radius 2 is 1.85 bits per heavy atom. The first-order valence-corrected chi connectivity index (χ1v) is 6.46. The van der Waals surface area contributed by atoms with E-state index in [4.69, 9.17) is 15.2 Å². The number of nitrogens with two attached hydrogens (primary N) is 1. The van der Waals surface area contributed by atoms with Gasteiger partial charge in [0.05, 0.1) is 7.11 Å². The van der Waals surface area contributed by atoms with Crippen molar-refractivity contribution in [3.8, 4) is 17.4 Å². The van der Waals surface area contributed by atoms with Crippen molar-refractivity contribution in [2.45, 2.75) is 26.7 Å². The fourth-order valence-electron chi connectivity index (χ4n) is 1.75. The van der Waals surface area contributed by atoms with Gasteiger partial charge in [0.2, 0.25) is 5.88 Å². The zero-order chi connectivity index (χ0) is 14.7. The van der Waals surface area contributed by atoms with Gasteiger partial charge >= 0.3 is 0 Å². The second-order valence-corrected chi connectivity index (χ2v) is 4.87. The van der Waals surface area contributed by atoms with Gasteiger partial charge in [-0.1, -0.05) is 13.8 Å². The molecule has 5 heteroatoms. The van der Waals surface area contributed by atoms with Crippen LogP contribution in [0.3, 0.4) is 0 Å². The Kier molecular flexibility index (Phi) is 4.08. The third-order valence-corrected chi connectivity index (χ3v) is 2.77. The Hall–Kier alpha value is -2.30. The van der Waals surface area contributed by atoms with E-state index < -0.39 is 0 Å². The lowest BCUT2D eigenvalue weighted by Gasteiger charge is -2.12. The predicted molar refractivity (Wildman–Crippen MR) is 78.3 cm³/mol. The molecule has 1 aromatic carbocycles. The number of anilines is 1. The molecule has 1 aromatic heterocycles. The maximum atomic E-state index is 5.80. The zero-order valence-electron chi connectivity index (χ0n) is 12.2. The maximum Gasteiger partial charge on any atom is 0.222 e. The number of ether oxygens (including phenoxy) is 2. The van der Waals surface area contributed by atoms with Crippen LogP contribution in [-0.2, 0) is 0 Å². The summed E-state index contributed by atoms with van der Waals surface area (Å²) in [5, 5.41) is 0. The Labute approximate surface area is 118 Å². The van der Waals surface area contributed by atoms with Crippen LogP contribution in [0.4, 0.5) is 5.69 Å². The van der Waals surface area contributed by atoms with Crippen LogP contribution in [0.5, 0.6) is 17.4 Å². The van der Waals surface area contributed by atoms with Crippen LogP contribution in [0.25, 0.3) is 0 Å². The number of aromatic nitrogens is 2. The largest absolute Gasteiger partial charge is 0.493 e. The number of hydrogen-bond donors (Lipinski definition) is 1. The number of nitrogens with zero attached hydrogens (tertiary/aromatic N) is 2. The zero-order valence-corrected chi connectivity index (χ0v) is 12.2. The fraction of sp³-hybridized carbons (Fsp3) is 0.333. The highest BCUT2D eigenvalue weighted by Gasteiger charge is 2.10. The number of rotatable bonds is 4. The van der Waals surface area contributed by atoms with E-state index in [0.717, 1.165) is 11.5 Å². The highest BCUT2D eigenvalue weighted by atomic mass is 16.5. The first-order valence-electron chi connectivity index (χ1n) is 6.46. The normalized spacial score (nSPS) is 10.7. The molecule has 0 bridgehead atoms. The molecule has 0 saturated heterocycles. The maximum absolute atomic E-state index is 5.80. The van der Waals surface area contributed by atoms with E-state index in [0.29, 0.717) is 23.1 Å². The van der Waals surface area contributed by atoms with Crippen LogP contribution < -0.4 is 15.2 Å². The third-order valence-electron chi connectivity index (χ3n) is 2.77. The van der Waals surface area contributed by atoms with Gasteiger partial charge in [-0.05, 0) is 19.1 Å². The lowest BCUT2D eigenvalue weighted by Crippen LogP contribution is -2.01. The summed E-state index contributed by atoms with van der Waals surface area (Å²) in [5.41, 5.74) is 7.21. The minimum Gasteiger partial charge on any atom is -0.493 e. The standard InChI is InChI=1S/C15H19N3O2/c1-9(2)15-17-10(3)7-14(18-15)20-12-6-5-11(16)8-13(12)19-4/h5-9H,16H2,1-4H3. The van der Waals surface area contributed by atoms with Crippen molar-refractivity contribution in [3.05, 3.63) is 35.8 Å². The van der Waals surface area contributed by atoms with Crippen LogP contribution in [-0.4, -0.2) is 17.1 Å². The second kappa shape index (κ2) is 5.77. The van der Waals surface area contributed by atoms with E-state index in [1.807, 2.05) is 20.8 Å². The Balaban J connectivity index is 2.34. The molecule has 0 fully saturated rings. The van der Waals surface area contributed by atoms with Gasteiger partial charge < -0.3 is 15.2 Å². The molecular formula is C15H19N3O2. The van der Waals surface area contributed by atoms with Gasteiger partial charge in [-0.15, -0.1) is 0 Å². The van der Waals surface area contributed by atoms with Crippen LogP contribution in [0.1, 0.15) is 31.3 Å². The number of benzene rings is 1. The van der Waals surface area contributed by atoms with Crippen LogP contribution in [0, 0.1) is 6.92 Å². The number of nitrogen functional groups attached to an aromatic ring is 1. The Bertz CT molecular complexity index is 612. The molecule has 0 saturated carbocycles. The summed E-state index contributed by atoms with van der Waals surface area (Å²) in [6.45, 7) is 6.01.